The highest BCUT2D eigenvalue weighted by Crippen LogP contribution is 2.26. The maximum absolute atomic E-state index is 6.00. The van der Waals surface area contributed by atoms with Crippen LogP contribution in [0.1, 0.15) is 26.7 Å². The van der Waals surface area contributed by atoms with Gasteiger partial charge in [0, 0.05) is 19.1 Å². The van der Waals surface area contributed by atoms with E-state index in [0.29, 0.717) is 29.9 Å². The van der Waals surface area contributed by atoms with Gasteiger partial charge in [-0.1, -0.05) is 6.92 Å². The van der Waals surface area contributed by atoms with E-state index in [2.05, 4.69) is 22.2 Å². The lowest BCUT2D eigenvalue weighted by Gasteiger charge is -2.16. The first-order valence-corrected chi connectivity index (χ1v) is 6.81. The van der Waals surface area contributed by atoms with E-state index in [-0.39, 0.29) is 6.10 Å². The Morgan fingerprint density at radius 2 is 2.37 bits per heavy atom. The van der Waals surface area contributed by atoms with Crippen LogP contribution in [0.25, 0.3) is 0 Å². The van der Waals surface area contributed by atoms with E-state index in [1.807, 2.05) is 6.92 Å². The topological polar surface area (TPSA) is 82.3 Å². The van der Waals surface area contributed by atoms with Crippen molar-refractivity contribution in [3.8, 4) is 5.88 Å². The zero-order valence-electron chi connectivity index (χ0n) is 11.6. The molecule has 1 fully saturated rings. The minimum absolute atomic E-state index is 0.284. The van der Waals surface area contributed by atoms with Crippen molar-refractivity contribution >= 4 is 11.5 Å². The van der Waals surface area contributed by atoms with Gasteiger partial charge in [0.15, 0.2) is 5.82 Å². The molecule has 2 atom stereocenters. The zero-order chi connectivity index (χ0) is 13.7. The summed E-state index contributed by atoms with van der Waals surface area (Å²) in [6.45, 7) is 6.37. The van der Waals surface area contributed by atoms with Crippen LogP contribution >= 0.6 is 0 Å². The van der Waals surface area contributed by atoms with Gasteiger partial charge in [-0.3, -0.25) is 0 Å². The molecule has 0 radical (unpaired) electrons. The van der Waals surface area contributed by atoms with Gasteiger partial charge in [0.25, 0.3) is 0 Å². The van der Waals surface area contributed by atoms with Gasteiger partial charge in [0.1, 0.15) is 12.0 Å². The van der Waals surface area contributed by atoms with Gasteiger partial charge in [-0.25, -0.2) is 4.98 Å². The second kappa shape index (κ2) is 6.56. The van der Waals surface area contributed by atoms with Crippen LogP contribution in [0.4, 0.5) is 11.5 Å². The van der Waals surface area contributed by atoms with Crippen molar-refractivity contribution in [2.45, 2.75) is 32.8 Å². The SMILES string of the molecule is CCCOc1ncnc(NCC2CCOC2C)c1N. The summed E-state index contributed by atoms with van der Waals surface area (Å²) in [7, 11) is 0. The molecular formula is C13H22N4O2. The minimum atomic E-state index is 0.284. The Labute approximate surface area is 113 Å². The van der Waals surface area contributed by atoms with Crippen molar-refractivity contribution in [1.82, 2.24) is 9.97 Å². The number of anilines is 2. The lowest BCUT2D eigenvalue weighted by Crippen LogP contribution is -2.21. The monoisotopic (exact) mass is 266 g/mol. The molecule has 6 heteroatoms. The van der Waals surface area contributed by atoms with Crippen LogP contribution in [0.2, 0.25) is 0 Å². The van der Waals surface area contributed by atoms with E-state index in [9.17, 15) is 0 Å². The molecule has 0 bridgehead atoms. The Morgan fingerprint density at radius 1 is 1.53 bits per heavy atom. The molecule has 1 saturated heterocycles. The van der Waals surface area contributed by atoms with E-state index in [4.69, 9.17) is 15.2 Å². The standard InChI is InChI=1S/C13H22N4O2/c1-3-5-19-13-11(14)12(16-8-17-13)15-7-10-4-6-18-9(10)2/h8-10H,3-7,14H2,1-2H3,(H,15,16,17). The number of nitrogens with two attached hydrogens (primary N) is 1. The number of nitrogen functional groups attached to an aromatic ring is 1. The predicted molar refractivity (Wildman–Crippen MR) is 74.2 cm³/mol. The third-order valence-electron chi connectivity index (χ3n) is 3.36. The summed E-state index contributed by atoms with van der Waals surface area (Å²) >= 11 is 0. The molecule has 1 aromatic heterocycles. The Kier molecular flexibility index (Phi) is 4.79. The number of rotatable bonds is 6. The summed E-state index contributed by atoms with van der Waals surface area (Å²) in [6, 6.07) is 0. The summed E-state index contributed by atoms with van der Waals surface area (Å²) in [4.78, 5) is 8.21. The lowest BCUT2D eigenvalue weighted by molar-refractivity contribution is 0.108. The summed E-state index contributed by atoms with van der Waals surface area (Å²) in [5, 5.41) is 3.27. The fraction of sp³-hybridized carbons (Fsp3) is 0.692. The number of hydrogen-bond acceptors (Lipinski definition) is 6. The molecule has 2 rings (SSSR count). The van der Waals surface area contributed by atoms with Gasteiger partial charge >= 0.3 is 0 Å². The Hall–Kier alpha value is -1.56. The van der Waals surface area contributed by atoms with Crippen LogP contribution in [0.5, 0.6) is 5.88 Å². The number of nitrogens with zero attached hydrogens (tertiary/aromatic N) is 2. The molecule has 3 N–H and O–H groups in total. The third-order valence-corrected chi connectivity index (χ3v) is 3.36. The smallest absolute Gasteiger partial charge is 0.242 e. The minimum Gasteiger partial charge on any atom is -0.476 e. The molecular weight excluding hydrogens is 244 g/mol. The second-order valence-corrected chi connectivity index (χ2v) is 4.80. The first-order chi connectivity index (χ1) is 9.22. The number of aromatic nitrogens is 2. The molecule has 0 aromatic carbocycles. The van der Waals surface area contributed by atoms with Gasteiger partial charge < -0.3 is 20.5 Å². The number of ether oxygens (including phenoxy) is 2. The Balaban J connectivity index is 1.96. The van der Waals surface area contributed by atoms with Crippen molar-refractivity contribution in [3.63, 3.8) is 0 Å². The van der Waals surface area contributed by atoms with Crippen LogP contribution in [0, 0.1) is 5.92 Å². The van der Waals surface area contributed by atoms with Crippen LogP contribution in [0.15, 0.2) is 6.33 Å². The Bertz CT molecular complexity index is 414. The van der Waals surface area contributed by atoms with Gasteiger partial charge in [0.2, 0.25) is 5.88 Å². The maximum Gasteiger partial charge on any atom is 0.242 e. The quantitative estimate of drug-likeness (QED) is 0.815. The largest absolute Gasteiger partial charge is 0.476 e. The normalized spacial score (nSPS) is 22.4. The summed E-state index contributed by atoms with van der Waals surface area (Å²) < 4.78 is 11.0. The molecule has 0 amide bonds. The highest BCUT2D eigenvalue weighted by Gasteiger charge is 2.24. The van der Waals surface area contributed by atoms with Crippen LogP contribution < -0.4 is 15.8 Å². The van der Waals surface area contributed by atoms with Crippen LogP contribution in [-0.4, -0.2) is 35.8 Å². The molecule has 1 aromatic rings. The Morgan fingerprint density at radius 3 is 3.05 bits per heavy atom. The first-order valence-electron chi connectivity index (χ1n) is 6.81. The third kappa shape index (κ3) is 3.47. The molecule has 2 unspecified atom stereocenters. The van der Waals surface area contributed by atoms with Crippen molar-refractivity contribution in [3.05, 3.63) is 6.33 Å². The molecule has 2 heterocycles. The highest BCUT2D eigenvalue weighted by atomic mass is 16.5. The van der Waals surface area contributed by atoms with Gasteiger partial charge in [-0.05, 0) is 19.8 Å². The van der Waals surface area contributed by atoms with Crippen molar-refractivity contribution in [2.75, 3.05) is 30.8 Å². The zero-order valence-corrected chi connectivity index (χ0v) is 11.6. The molecule has 6 nitrogen and oxygen atoms in total. The van der Waals surface area contributed by atoms with E-state index >= 15 is 0 Å². The predicted octanol–water partition coefficient (Wildman–Crippen LogP) is 1.68. The van der Waals surface area contributed by atoms with Crippen LogP contribution in [-0.2, 0) is 4.74 Å². The number of nitrogens with one attached hydrogen (secondary N) is 1. The average molecular weight is 266 g/mol. The second-order valence-electron chi connectivity index (χ2n) is 4.80. The van der Waals surface area contributed by atoms with Crippen molar-refractivity contribution < 1.29 is 9.47 Å². The van der Waals surface area contributed by atoms with E-state index in [1.165, 1.54) is 6.33 Å². The van der Waals surface area contributed by atoms with Crippen molar-refractivity contribution in [2.24, 2.45) is 5.92 Å². The molecule has 19 heavy (non-hydrogen) atoms. The van der Waals surface area contributed by atoms with E-state index in [0.717, 1.165) is 26.0 Å². The van der Waals surface area contributed by atoms with Crippen molar-refractivity contribution in [1.29, 1.82) is 0 Å². The fourth-order valence-electron chi connectivity index (χ4n) is 2.11. The van der Waals surface area contributed by atoms with Crippen LogP contribution in [0.3, 0.4) is 0 Å². The summed E-state index contributed by atoms with van der Waals surface area (Å²) in [5.41, 5.74) is 6.47. The molecule has 106 valence electrons. The lowest BCUT2D eigenvalue weighted by atomic mass is 10.0. The maximum atomic E-state index is 6.00. The summed E-state index contributed by atoms with van der Waals surface area (Å²) in [6.07, 6.45) is 3.74. The fourth-order valence-corrected chi connectivity index (χ4v) is 2.11. The van der Waals surface area contributed by atoms with E-state index in [1.54, 1.807) is 0 Å². The molecule has 1 aliphatic heterocycles. The van der Waals surface area contributed by atoms with Gasteiger partial charge in [-0.15, -0.1) is 0 Å². The first kappa shape index (κ1) is 13.9. The molecule has 0 saturated carbocycles. The van der Waals surface area contributed by atoms with E-state index < -0.39 is 0 Å². The number of hydrogen-bond donors (Lipinski definition) is 2. The molecule has 1 aliphatic rings. The molecule has 0 spiro atoms. The van der Waals surface area contributed by atoms with Gasteiger partial charge in [0.05, 0.1) is 12.7 Å². The summed E-state index contributed by atoms with van der Waals surface area (Å²) in [5.74, 6) is 1.59. The highest BCUT2D eigenvalue weighted by molar-refractivity contribution is 5.66. The average Bonchev–Trinajstić information content (AvgIpc) is 2.82. The molecule has 0 aliphatic carbocycles. The van der Waals surface area contributed by atoms with Gasteiger partial charge in [-0.2, -0.15) is 4.98 Å².